The van der Waals surface area contributed by atoms with Gasteiger partial charge in [-0.05, 0) is 51.2 Å². The Morgan fingerprint density at radius 2 is 0.692 bits per heavy atom. The molecule has 244 valence electrons. The highest BCUT2D eigenvalue weighted by Crippen LogP contribution is 2.34. The summed E-state index contributed by atoms with van der Waals surface area (Å²) >= 11 is 0. The third kappa shape index (κ3) is 6.26. The summed E-state index contributed by atoms with van der Waals surface area (Å²) in [6.07, 6.45) is 0. The molecule has 0 unspecified atom stereocenters. The van der Waals surface area contributed by atoms with Crippen molar-refractivity contribution in [1.82, 2.24) is 19.9 Å². The predicted octanol–water partition coefficient (Wildman–Crippen LogP) is 12.1. The van der Waals surface area contributed by atoms with Gasteiger partial charge in [-0.15, -0.1) is 0 Å². The Labute approximate surface area is 302 Å². The number of pyridine rings is 1. The van der Waals surface area contributed by atoms with Crippen LogP contribution in [0.2, 0.25) is 0 Å². The molecule has 0 N–H and O–H groups in total. The van der Waals surface area contributed by atoms with E-state index in [0.717, 1.165) is 66.7 Å². The Morgan fingerprint density at radius 3 is 1.27 bits per heavy atom. The standard InChI is InChI=1S/C48H32N4/c1-5-14-33(15-6-1)41-31-44(35-16-7-2-8-17-35)49-45(32-41)36-26-24-34(25-27-36)39-28-29-42-40(30-39)22-13-23-43(42)48-51-46(37-18-9-3-10-19-37)50-47(52-48)38-20-11-4-12-21-38/h1-32H. The largest absolute Gasteiger partial charge is 0.248 e. The van der Waals surface area contributed by atoms with E-state index in [1.165, 1.54) is 5.56 Å². The van der Waals surface area contributed by atoms with Crippen molar-refractivity contribution in [2.45, 2.75) is 0 Å². The van der Waals surface area contributed by atoms with E-state index >= 15 is 0 Å². The summed E-state index contributed by atoms with van der Waals surface area (Å²) in [5, 5.41) is 2.20. The molecule has 0 amide bonds. The van der Waals surface area contributed by atoms with Crippen molar-refractivity contribution < 1.29 is 0 Å². The van der Waals surface area contributed by atoms with Crippen LogP contribution in [0.15, 0.2) is 194 Å². The second kappa shape index (κ2) is 13.7. The van der Waals surface area contributed by atoms with E-state index in [-0.39, 0.29) is 0 Å². The fourth-order valence-electron chi connectivity index (χ4n) is 6.65. The predicted molar refractivity (Wildman–Crippen MR) is 213 cm³/mol. The van der Waals surface area contributed by atoms with Crippen LogP contribution in [0.3, 0.4) is 0 Å². The van der Waals surface area contributed by atoms with Crippen LogP contribution in [0.4, 0.5) is 0 Å². The lowest BCUT2D eigenvalue weighted by atomic mass is 9.96. The Kier molecular flexibility index (Phi) is 8.16. The van der Waals surface area contributed by atoms with Crippen molar-refractivity contribution in [2.75, 3.05) is 0 Å². The van der Waals surface area contributed by atoms with E-state index in [2.05, 4.69) is 121 Å². The lowest BCUT2D eigenvalue weighted by Gasteiger charge is -2.12. The van der Waals surface area contributed by atoms with Crippen molar-refractivity contribution in [2.24, 2.45) is 0 Å². The Hall–Kier alpha value is -7.04. The fraction of sp³-hybridized carbons (Fsp3) is 0. The number of aromatic nitrogens is 4. The number of nitrogens with zero attached hydrogens (tertiary/aromatic N) is 4. The molecule has 0 radical (unpaired) electrons. The van der Waals surface area contributed by atoms with Gasteiger partial charge in [0.2, 0.25) is 0 Å². The first kappa shape index (κ1) is 31.0. The summed E-state index contributed by atoms with van der Waals surface area (Å²) in [4.78, 5) is 20.0. The van der Waals surface area contributed by atoms with Gasteiger partial charge in [0.1, 0.15) is 0 Å². The van der Waals surface area contributed by atoms with Crippen LogP contribution in [0.25, 0.3) is 89.7 Å². The number of hydrogen-bond acceptors (Lipinski definition) is 4. The van der Waals surface area contributed by atoms with Gasteiger partial charge in [0, 0.05) is 27.8 Å². The van der Waals surface area contributed by atoms with Gasteiger partial charge in [-0.25, -0.2) is 19.9 Å². The lowest BCUT2D eigenvalue weighted by Crippen LogP contribution is -2.00. The third-order valence-corrected chi connectivity index (χ3v) is 9.34. The van der Waals surface area contributed by atoms with Gasteiger partial charge < -0.3 is 0 Å². The first-order chi connectivity index (χ1) is 25.7. The molecule has 7 aromatic carbocycles. The highest BCUT2D eigenvalue weighted by molar-refractivity contribution is 5.97. The zero-order valence-electron chi connectivity index (χ0n) is 28.3. The van der Waals surface area contributed by atoms with Gasteiger partial charge in [0.25, 0.3) is 0 Å². The van der Waals surface area contributed by atoms with E-state index in [4.69, 9.17) is 19.9 Å². The van der Waals surface area contributed by atoms with Crippen LogP contribution < -0.4 is 0 Å². The van der Waals surface area contributed by atoms with Gasteiger partial charge in [-0.2, -0.15) is 0 Å². The van der Waals surface area contributed by atoms with Crippen LogP contribution in [0.5, 0.6) is 0 Å². The maximum Gasteiger partial charge on any atom is 0.164 e. The van der Waals surface area contributed by atoms with Crippen molar-refractivity contribution in [1.29, 1.82) is 0 Å². The summed E-state index contributed by atoms with van der Waals surface area (Å²) in [6, 6.07) is 67.0. The molecule has 0 saturated heterocycles. The highest BCUT2D eigenvalue weighted by Gasteiger charge is 2.15. The second-order valence-corrected chi connectivity index (χ2v) is 12.7. The zero-order chi connectivity index (χ0) is 34.7. The molecule has 2 heterocycles. The molecule has 0 bridgehead atoms. The molecule has 0 atom stereocenters. The molecule has 4 nitrogen and oxygen atoms in total. The molecule has 0 aliphatic heterocycles. The molecule has 2 aromatic heterocycles. The van der Waals surface area contributed by atoms with Crippen LogP contribution in [-0.2, 0) is 0 Å². The normalized spacial score (nSPS) is 11.1. The van der Waals surface area contributed by atoms with Gasteiger partial charge in [-0.3, -0.25) is 0 Å². The number of benzene rings is 7. The minimum absolute atomic E-state index is 0.649. The average Bonchev–Trinajstić information content (AvgIpc) is 3.24. The minimum atomic E-state index is 0.649. The SMILES string of the molecule is c1ccc(-c2cc(-c3ccccc3)nc(-c3ccc(-c4ccc5c(-c6nc(-c7ccccc7)nc(-c7ccccc7)n6)cccc5c4)cc3)c2)cc1. The van der Waals surface area contributed by atoms with Gasteiger partial charge in [-0.1, -0.05) is 176 Å². The molecule has 0 fully saturated rings. The maximum absolute atomic E-state index is 5.12. The average molecular weight is 665 g/mol. The second-order valence-electron chi connectivity index (χ2n) is 12.7. The monoisotopic (exact) mass is 664 g/mol. The van der Waals surface area contributed by atoms with Crippen LogP contribution in [0, 0.1) is 0 Å². The van der Waals surface area contributed by atoms with Crippen molar-refractivity contribution in [3.63, 3.8) is 0 Å². The number of rotatable bonds is 7. The van der Waals surface area contributed by atoms with Crippen molar-refractivity contribution >= 4 is 10.8 Å². The van der Waals surface area contributed by atoms with E-state index < -0.39 is 0 Å². The van der Waals surface area contributed by atoms with Crippen LogP contribution in [0.1, 0.15) is 0 Å². The maximum atomic E-state index is 5.12. The first-order valence-corrected chi connectivity index (χ1v) is 17.4. The minimum Gasteiger partial charge on any atom is -0.248 e. The molecule has 0 spiro atoms. The van der Waals surface area contributed by atoms with E-state index in [9.17, 15) is 0 Å². The lowest BCUT2D eigenvalue weighted by molar-refractivity contribution is 1.08. The van der Waals surface area contributed by atoms with E-state index in [1.807, 2.05) is 72.8 Å². The smallest absolute Gasteiger partial charge is 0.164 e. The summed E-state index contributed by atoms with van der Waals surface area (Å²) in [7, 11) is 0. The van der Waals surface area contributed by atoms with E-state index in [0.29, 0.717) is 17.5 Å². The van der Waals surface area contributed by atoms with Gasteiger partial charge >= 0.3 is 0 Å². The number of hydrogen-bond donors (Lipinski definition) is 0. The Bertz CT molecular complexity index is 2530. The third-order valence-electron chi connectivity index (χ3n) is 9.34. The Morgan fingerprint density at radius 1 is 0.250 bits per heavy atom. The molecular weight excluding hydrogens is 633 g/mol. The molecule has 0 aliphatic carbocycles. The molecule has 52 heavy (non-hydrogen) atoms. The summed E-state index contributed by atoms with van der Waals surface area (Å²) in [6.45, 7) is 0. The van der Waals surface area contributed by atoms with Crippen molar-refractivity contribution in [3.05, 3.63) is 194 Å². The Balaban J connectivity index is 1.08. The zero-order valence-corrected chi connectivity index (χ0v) is 28.3. The number of fused-ring (bicyclic) bond motifs is 1. The van der Waals surface area contributed by atoms with Crippen LogP contribution in [-0.4, -0.2) is 19.9 Å². The summed E-state index contributed by atoms with van der Waals surface area (Å²) in [5.74, 6) is 1.95. The van der Waals surface area contributed by atoms with Crippen LogP contribution >= 0.6 is 0 Å². The quantitative estimate of drug-likeness (QED) is 0.170. The topological polar surface area (TPSA) is 51.6 Å². The van der Waals surface area contributed by atoms with Crippen molar-refractivity contribution in [3.8, 4) is 78.9 Å². The summed E-state index contributed by atoms with van der Waals surface area (Å²) in [5.41, 5.74) is 11.5. The molecule has 9 aromatic rings. The molecular formula is C48H32N4. The van der Waals surface area contributed by atoms with Gasteiger partial charge in [0.15, 0.2) is 17.5 Å². The highest BCUT2D eigenvalue weighted by atomic mass is 15.0. The first-order valence-electron chi connectivity index (χ1n) is 17.4. The van der Waals surface area contributed by atoms with E-state index in [1.54, 1.807) is 0 Å². The molecule has 9 rings (SSSR count). The molecule has 4 heteroatoms. The van der Waals surface area contributed by atoms with Gasteiger partial charge in [0.05, 0.1) is 11.4 Å². The summed E-state index contributed by atoms with van der Waals surface area (Å²) < 4.78 is 0. The molecule has 0 aliphatic rings. The fourth-order valence-corrected chi connectivity index (χ4v) is 6.65. The molecule has 0 saturated carbocycles.